The predicted octanol–water partition coefficient (Wildman–Crippen LogP) is 2.04. The summed E-state index contributed by atoms with van der Waals surface area (Å²) in [5, 5.41) is 13.3. The summed E-state index contributed by atoms with van der Waals surface area (Å²) < 4.78 is 5.23. The normalized spacial score (nSPS) is 23.4. The molecule has 1 aromatic heterocycles. The number of rotatable bonds is 6. The van der Waals surface area contributed by atoms with Crippen LogP contribution >= 0.6 is 0 Å². The van der Waals surface area contributed by atoms with Crippen molar-refractivity contribution in [2.75, 3.05) is 58.8 Å². The van der Waals surface area contributed by atoms with Gasteiger partial charge in [-0.05, 0) is 56.4 Å². The lowest BCUT2D eigenvalue weighted by Gasteiger charge is -2.31. The highest BCUT2D eigenvalue weighted by Gasteiger charge is 2.50. The summed E-state index contributed by atoms with van der Waals surface area (Å²) in [5.41, 5.74) is 2.09. The van der Waals surface area contributed by atoms with E-state index in [1.54, 1.807) is 19.2 Å². The quantitative estimate of drug-likeness (QED) is 0.774. The van der Waals surface area contributed by atoms with Crippen LogP contribution in [0.1, 0.15) is 10.4 Å². The number of hydrogen-bond acceptors (Lipinski definition) is 6. The molecule has 0 aliphatic carbocycles. The molecule has 0 saturated carbocycles. The van der Waals surface area contributed by atoms with Crippen LogP contribution in [-0.4, -0.2) is 74.9 Å². The van der Waals surface area contributed by atoms with Crippen LogP contribution in [0.3, 0.4) is 0 Å². The average molecular weight is 396 g/mol. The predicted molar refractivity (Wildman–Crippen MR) is 113 cm³/mol. The van der Waals surface area contributed by atoms with Crippen LogP contribution in [0.4, 0.5) is 5.82 Å². The Balaban J connectivity index is 1.69. The van der Waals surface area contributed by atoms with Crippen molar-refractivity contribution in [3.8, 4) is 17.0 Å². The molecule has 2 atom stereocenters. The first-order valence-corrected chi connectivity index (χ1v) is 9.91. The smallest absolute Gasteiger partial charge is 0.339 e. The van der Waals surface area contributed by atoms with Gasteiger partial charge in [0.2, 0.25) is 0 Å². The maximum Gasteiger partial charge on any atom is 0.339 e. The molecule has 2 fully saturated rings. The fourth-order valence-corrected chi connectivity index (χ4v) is 4.82. The van der Waals surface area contributed by atoms with E-state index in [1.165, 1.54) is 0 Å². The fraction of sp³-hybridized carbons (Fsp3) is 0.455. The molecule has 2 N–H and O–H groups in total. The molecular formula is C22H28N4O3. The van der Waals surface area contributed by atoms with Crippen molar-refractivity contribution >= 4 is 11.8 Å². The zero-order valence-corrected chi connectivity index (χ0v) is 17.2. The van der Waals surface area contributed by atoms with E-state index >= 15 is 0 Å². The molecule has 4 rings (SSSR count). The molecule has 2 unspecified atom stereocenters. The van der Waals surface area contributed by atoms with Gasteiger partial charge in [-0.1, -0.05) is 0 Å². The second kappa shape index (κ2) is 7.65. The largest absolute Gasteiger partial charge is 0.497 e. The zero-order chi connectivity index (χ0) is 20.6. The van der Waals surface area contributed by atoms with Gasteiger partial charge in [0.25, 0.3) is 0 Å². The number of nitrogens with one attached hydrogen (secondary N) is 1. The number of aromatic nitrogens is 1. The number of benzene rings is 1. The van der Waals surface area contributed by atoms with Gasteiger partial charge in [0, 0.05) is 43.7 Å². The number of carboxylic acids is 1. The van der Waals surface area contributed by atoms with E-state index in [2.05, 4.69) is 29.2 Å². The molecule has 0 bridgehead atoms. The van der Waals surface area contributed by atoms with Crippen molar-refractivity contribution in [2.24, 2.45) is 11.3 Å². The third kappa shape index (κ3) is 3.68. The topological polar surface area (TPSA) is 77.9 Å². The molecule has 2 aliphatic rings. The van der Waals surface area contributed by atoms with Gasteiger partial charge in [-0.25, -0.2) is 9.78 Å². The average Bonchev–Trinajstić information content (AvgIpc) is 3.23. The number of hydrogen-bond donors (Lipinski definition) is 2. The van der Waals surface area contributed by atoms with E-state index in [0.29, 0.717) is 11.7 Å². The number of anilines is 1. The van der Waals surface area contributed by atoms with Crippen molar-refractivity contribution in [2.45, 2.75) is 0 Å². The molecule has 3 heterocycles. The Labute approximate surface area is 171 Å². The van der Waals surface area contributed by atoms with Crippen molar-refractivity contribution in [1.82, 2.24) is 15.2 Å². The van der Waals surface area contributed by atoms with Crippen LogP contribution in [0.5, 0.6) is 5.75 Å². The second-order valence-electron chi connectivity index (χ2n) is 8.41. The summed E-state index contributed by atoms with van der Waals surface area (Å²) in [6.45, 7) is 4.52. The third-order valence-electron chi connectivity index (χ3n) is 6.10. The van der Waals surface area contributed by atoms with Gasteiger partial charge in [-0.15, -0.1) is 0 Å². The van der Waals surface area contributed by atoms with Gasteiger partial charge in [0.05, 0.1) is 12.8 Å². The number of carboxylic acid groups (broad SMARTS) is 1. The van der Waals surface area contributed by atoms with Gasteiger partial charge in [-0.2, -0.15) is 0 Å². The summed E-state index contributed by atoms with van der Waals surface area (Å²) in [5.74, 6) is 0.892. The van der Waals surface area contributed by atoms with Gasteiger partial charge in [0.1, 0.15) is 17.1 Å². The summed E-state index contributed by atoms with van der Waals surface area (Å²) in [4.78, 5) is 21.1. The molecule has 29 heavy (non-hydrogen) atoms. The Hall–Kier alpha value is -2.64. The minimum atomic E-state index is -0.939. The monoisotopic (exact) mass is 396 g/mol. The number of fused-ring (bicyclic) bond motifs is 1. The first-order valence-electron chi connectivity index (χ1n) is 9.91. The second-order valence-corrected chi connectivity index (χ2v) is 8.41. The Morgan fingerprint density at radius 1 is 1.31 bits per heavy atom. The van der Waals surface area contributed by atoms with Crippen LogP contribution in [0, 0.1) is 11.3 Å². The maximum atomic E-state index is 11.9. The molecule has 2 aliphatic heterocycles. The number of carbonyl (C=O) groups is 1. The van der Waals surface area contributed by atoms with Crippen molar-refractivity contribution in [1.29, 1.82) is 0 Å². The molecule has 7 heteroatoms. The van der Waals surface area contributed by atoms with E-state index in [0.717, 1.165) is 49.7 Å². The Morgan fingerprint density at radius 3 is 2.72 bits per heavy atom. The Kier molecular flexibility index (Phi) is 5.19. The summed E-state index contributed by atoms with van der Waals surface area (Å²) >= 11 is 0. The van der Waals surface area contributed by atoms with Crippen LogP contribution in [-0.2, 0) is 0 Å². The lowest BCUT2D eigenvalue weighted by Crippen LogP contribution is -2.41. The molecule has 0 radical (unpaired) electrons. The molecule has 7 nitrogen and oxygen atoms in total. The van der Waals surface area contributed by atoms with Crippen LogP contribution in [0.25, 0.3) is 11.3 Å². The lowest BCUT2D eigenvalue weighted by molar-refractivity contribution is 0.0697. The highest BCUT2D eigenvalue weighted by molar-refractivity contribution is 5.94. The fourth-order valence-electron chi connectivity index (χ4n) is 4.82. The molecule has 2 saturated heterocycles. The SMILES string of the molecule is COc1ccc(-c2ccc(C(=O)O)c(N3CC4CNCC4(CN(C)C)C3)n2)cc1. The first-order chi connectivity index (χ1) is 13.9. The molecular weight excluding hydrogens is 368 g/mol. The maximum absolute atomic E-state index is 11.9. The van der Waals surface area contributed by atoms with E-state index in [9.17, 15) is 9.90 Å². The number of methoxy groups -OCH3 is 1. The highest BCUT2D eigenvalue weighted by Crippen LogP contribution is 2.42. The van der Waals surface area contributed by atoms with Crippen LogP contribution < -0.4 is 15.0 Å². The number of nitrogens with zero attached hydrogens (tertiary/aromatic N) is 3. The van der Waals surface area contributed by atoms with E-state index in [-0.39, 0.29) is 11.0 Å². The summed E-state index contributed by atoms with van der Waals surface area (Å²) in [7, 11) is 5.83. The Bertz CT molecular complexity index is 899. The van der Waals surface area contributed by atoms with Gasteiger partial charge in [0.15, 0.2) is 0 Å². The molecule has 0 spiro atoms. The van der Waals surface area contributed by atoms with Crippen molar-refractivity contribution in [3.05, 3.63) is 42.0 Å². The summed E-state index contributed by atoms with van der Waals surface area (Å²) in [6.07, 6.45) is 0. The Morgan fingerprint density at radius 2 is 2.07 bits per heavy atom. The molecule has 0 amide bonds. The zero-order valence-electron chi connectivity index (χ0n) is 17.2. The summed E-state index contributed by atoms with van der Waals surface area (Å²) in [6, 6.07) is 11.1. The van der Waals surface area contributed by atoms with E-state index in [4.69, 9.17) is 9.72 Å². The number of pyridine rings is 1. The standard InChI is InChI=1S/C22H28N4O3/c1-25(2)13-22-12-23-10-16(22)11-26(14-22)20-18(21(27)28)8-9-19(24-20)15-4-6-17(29-3)7-5-15/h4-9,16,23H,10-14H2,1-3H3,(H,27,28). The first kappa shape index (κ1) is 19.7. The van der Waals surface area contributed by atoms with Crippen molar-refractivity contribution < 1.29 is 14.6 Å². The minimum absolute atomic E-state index is 0.122. The molecule has 154 valence electrons. The number of ether oxygens (including phenoxy) is 1. The van der Waals surface area contributed by atoms with Crippen LogP contribution in [0.2, 0.25) is 0 Å². The van der Waals surface area contributed by atoms with E-state index < -0.39 is 5.97 Å². The van der Waals surface area contributed by atoms with Gasteiger partial charge < -0.3 is 25.0 Å². The molecule has 1 aromatic carbocycles. The van der Waals surface area contributed by atoms with Crippen LogP contribution in [0.15, 0.2) is 36.4 Å². The van der Waals surface area contributed by atoms with Gasteiger partial charge >= 0.3 is 5.97 Å². The van der Waals surface area contributed by atoms with Crippen molar-refractivity contribution in [3.63, 3.8) is 0 Å². The molecule has 2 aromatic rings. The van der Waals surface area contributed by atoms with Gasteiger partial charge in [-0.3, -0.25) is 0 Å². The highest BCUT2D eigenvalue weighted by atomic mass is 16.5. The lowest BCUT2D eigenvalue weighted by atomic mass is 9.80. The minimum Gasteiger partial charge on any atom is -0.497 e. The number of aromatic carboxylic acids is 1. The van der Waals surface area contributed by atoms with E-state index in [1.807, 2.05) is 24.3 Å². The third-order valence-corrected chi connectivity index (χ3v) is 6.10.